The maximum Gasteiger partial charge on any atom is 0.290 e. The lowest BCUT2D eigenvalue weighted by atomic mass is 10.2. The topological polar surface area (TPSA) is 89.2 Å². The van der Waals surface area contributed by atoms with Crippen LogP contribution in [0.5, 0.6) is 0 Å². The zero-order valence-corrected chi connectivity index (χ0v) is 15.8. The Kier molecular flexibility index (Phi) is 4.65. The van der Waals surface area contributed by atoms with Crippen molar-refractivity contribution in [3.8, 4) is 5.69 Å². The third-order valence-corrected chi connectivity index (χ3v) is 4.87. The molecule has 0 aliphatic heterocycles. The minimum atomic E-state index is -0.992. The molecule has 29 heavy (non-hydrogen) atoms. The smallest absolute Gasteiger partial charge is 0.290 e. The van der Waals surface area contributed by atoms with Crippen LogP contribution in [0.25, 0.3) is 5.69 Å². The number of carbonyl (C=O) groups is 2. The molecule has 0 spiro atoms. The summed E-state index contributed by atoms with van der Waals surface area (Å²) in [7, 11) is 0. The molecule has 2 N–H and O–H groups in total. The Morgan fingerprint density at radius 1 is 1.07 bits per heavy atom. The number of benzene rings is 1. The number of nitrogens with one attached hydrogen (secondary N) is 2. The van der Waals surface area contributed by atoms with Crippen molar-refractivity contribution >= 4 is 11.8 Å². The summed E-state index contributed by atoms with van der Waals surface area (Å²) < 4.78 is 33.6. The number of furan rings is 1. The number of hydrogen-bond donors (Lipinski definition) is 2. The van der Waals surface area contributed by atoms with Gasteiger partial charge in [-0.15, -0.1) is 0 Å². The van der Waals surface area contributed by atoms with Crippen molar-refractivity contribution in [2.24, 2.45) is 0 Å². The van der Waals surface area contributed by atoms with E-state index < -0.39 is 23.4 Å². The molecule has 4 rings (SSSR count). The van der Waals surface area contributed by atoms with E-state index in [4.69, 9.17) is 4.42 Å². The van der Waals surface area contributed by atoms with E-state index in [9.17, 15) is 18.4 Å². The van der Waals surface area contributed by atoms with Crippen LogP contribution in [0.3, 0.4) is 0 Å². The fourth-order valence-electron chi connectivity index (χ4n) is 3.55. The number of fused-ring (bicyclic) bond motifs is 1. The Hall–Kier alpha value is -3.49. The average molecular weight is 400 g/mol. The lowest BCUT2D eigenvalue weighted by molar-refractivity contribution is 0.0842. The molecule has 0 atom stereocenters. The monoisotopic (exact) mass is 400 g/mol. The van der Waals surface area contributed by atoms with Gasteiger partial charge in [-0.2, -0.15) is 5.10 Å². The van der Waals surface area contributed by atoms with Gasteiger partial charge in [-0.3, -0.25) is 20.4 Å². The molecule has 150 valence electrons. The fourth-order valence-corrected chi connectivity index (χ4v) is 3.55. The highest BCUT2D eigenvalue weighted by Crippen LogP contribution is 2.28. The van der Waals surface area contributed by atoms with E-state index in [0.717, 1.165) is 29.8 Å². The molecule has 2 amide bonds. The van der Waals surface area contributed by atoms with E-state index in [2.05, 4.69) is 16.0 Å². The van der Waals surface area contributed by atoms with Crippen LogP contribution in [0.15, 0.2) is 28.7 Å². The number of hydrogen-bond acceptors (Lipinski definition) is 4. The molecular formula is C20H18F2N4O3. The largest absolute Gasteiger partial charge is 0.466 e. The Bertz CT molecular complexity index is 1130. The average Bonchev–Trinajstić information content (AvgIpc) is 3.37. The second-order valence-corrected chi connectivity index (χ2v) is 6.87. The Labute approximate surface area is 164 Å². The first kappa shape index (κ1) is 18.9. The highest BCUT2D eigenvalue weighted by molar-refractivity contribution is 5.99. The van der Waals surface area contributed by atoms with Gasteiger partial charge >= 0.3 is 0 Å². The standard InChI is InChI=1S/C20H18F2N4O3/c1-10-8-14(11(2)29-10)19(27)23-24-20(28)18-13-4-3-5-17(13)26(25-18)12-6-7-15(21)16(22)9-12/h6-9H,3-5H2,1-2H3,(H,23,27)(H,24,28). The first-order valence-electron chi connectivity index (χ1n) is 9.09. The van der Waals surface area contributed by atoms with E-state index >= 15 is 0 Å². The Balaban J connectivity index is 1.57. The van der Waals surface area contributed by atoms with Gasteiger partial charge in [0.15, 0.2) is 17.3 Å². The molecule has 0 saturated carbocycles. The second-order valence-electron chi connectivity index (χ2n) is 6.87. The number of hydrazine groups is 1. The molecule has 1 aliphatic carbocycles. The Morgan fingerprint density at radius 2 is 1.83 bits per heavy atom. The molecule has 0 fully saturated rings. The number of halogens is 2. The summed E-state index contributed by atoms with van der Waals surface area (Å²) in [6, 6.07) is 5.03. The van der Waals surface area contributed by atoms with Gasteiger partial charge in [0, 0.05) is 17.3 Å². The summed E-state index contributed by atoms with van der Waals surface area (Å²) in [5.41, 5.74) is 7.00. The summed E-state index contributed by atoms with van der Waals surface area (Å²) in [5, 5.41) is 4.29. The molecule has 1 aliphatic rings. The quantitative estimate of drug-likeness (QED) is 0.662. The molecule has 0 saturated heterocycles. The van der Waals surface area contributed by atoms with E-state index in [0.29, 0.717) is 35.6 Å². The zero-order valence-electron chi connectivity index (χ0n) is 15.8. The predicted molar refractivity (Wildman–Crippen MR) is 98.6 cm³/mol. The van der Waals surface area contributed by atoms with Crippen molar-refractivity contribution in [3.05, 3.63) is 69.9 Å². The van der Waals surface area contributed by atoms with Gasteiger partial charge in [0.25, 0.3) is 11.8 Å². The lowest BCUT2D eigenvalue weighted by Crippen LogP contribution is -2.42. The summed E-state index contributed by atoms with van der Waals surface area (Å²) in [4.78, 5) is 24.9. The maximum atomic E-state index is 13.6. The molecule has 0 bridgehead atoms. The van der Waals surface area contributed by atoms with Gasteiger partial charge < -0.3 is 4.42 Å². The van der Waals surface area contributed by atoms with Crippen LogP contribution in [0.1, 0.15) is 50.0 Å². The SMILES string of the molecule is Cc1cc(C(=O)NNC(=O)c2nn(-c3ccc(F)c(F)c3)c3c2CCC3)c(C)o1. The molecule has 0 unspecified atom stereocenters. The number of amides is 2. The molecule has 7 nitrogen and oxygen atoms in total. The maximum absolute atomic E-state index is 13.6. The van der Waals surface area contributed by atoms with Crippen molar-refractivity contribution in [3.63, 3.8) is 0 Å². The minimum Gasteiger partial charge on any atom is -0.466 e. The van der Waals surface area contributed by atoms with Gasteiger partial charge in [-0.05, 0) is 51.3 Å². The molecule has 9 heteroatoms. The van der Waals surface area contributed by atoms with Gasteiger partial charge in [0.2, 0.25) is 0 Å². The normalized spacial score (nSPS) is 12.7. The van der Waals surface area contributed by atoms with Crippen molar-refractivity contribution in [1.82, 2.24) is 20.6 Å². The first-order valence-corrected chi connectivity index (χ1v) is 9.09. The van der Waals surface area contributed by atoms with Crippen LogP contribution < -0.4 is 10.9 Å². The van der Waals surface area contributed by atoms with Crippen molar-refractivity contribution in [2.45, 2.75) is 33.1 Å². The molecule has 1 aromatic carbocycles. The summed E-state index contributed by atoms with van der Waals surface area (Å²) in [5.74, 6) is -2.02. The second kappa shape index (κ2) is 7.16. The number of aryl methyl sites for hydroxylation is 2. The molecule has 0 radical (unpaired) electrons. The number of carbonyl (C=O) groups excluding carboxylic acids is 2. The number of aromatic nitrogens is 2. The van der Waals surface area contributed by atoms with Crippen LogP contribution in [0, 0.1) is 25.5 Å². The van der Waals surface area contributed by atoms with Crippen LogP contribution in [0.2, 0.25) is 0 Å². The first-order chi connectivity index (χ1) is 13.8. The molecule has 3 aromatic rings. The van der Waals surface area contributed by atoms with Crippen LogP contribution in [-0.2, 0) is 12.8 Å². The minimum absolute atomic E-state index is 0.141. The van der Waals surface area contributed by atoms with Crippen molar-refractivity contribution in [1.29, 1.82) is 0 Å². The summed E-state index contributed by atoms with van der Waals surface area (Å²) in [6.45, 7) is 3.37. The lowest BCUT2D eigenvalue weighted by Gasteiger charge is -2.07. The summed E-state index contributed by atoms with van der Waals surface area (Å²) in [6.07, 6.45) is 2.11. The van der Waals surface area contributed by atoms with E-state index in [1.807, 2.05) is 0 Å². The summed E-state index contributed by atoms with van der Waals surface area (Å²) >= 11 is 0. The third kappa shape index (κ3) is 3.39. The number of nitrogens with zero attached hydrogens (tertiary/aromatic N) is 2. The van der Waals surface area contributed by atoms with E-state index in [1.54, 1.807) is 19.9 Å². The van der Waals surface area contributed by atoms with Crippen LogP contribution >= 0.6 is 0 Å². The molecular weight excluding hydrogens is 382 g/mol. The highest BCUT2D eigenvalue weighted by Gasteiger charge is 2.27. The van der Waals surface area contributed by atoms with Crippen molar-refractivity contribution < 1.29 is 22.8 Å². The third-order valence-electron chi connectivity index (χ3n) is 4.87. The van der Waals surface area contributed by atoms with Crippen molar-refractivity contribution in [2.75, 3.05) is 0 Å². The molecule has 2 heterocycles. The Morgan fingerprint density at radius 3 is 2.52 bits per heavy atom. The van der Waals surface area contributed by atoms with E-state index in [-0.39, 0.29) is 5.69 Å². The molecule has 2 aromatic heterocycles. The zero-order chi connectivity index (χ0) is 20.7. The van der Waals surface area contributed by atoms with Gasteiger partial charge in [0.05, 0.1) is 11.3 Å². The predicted octanol–water partition coefficient (Wildman–Crippen LogP) is 2.92. The fraction of sp³-hybridized carbons (Fsp3) is 0.250. The van der Waals surface area contributed by atoms with Crippen LogP contribution in [-0.4, -0.2) is 21.6 Å². The van der Waals surface area contributed by atoms with Gasteiger partial charge in [0.1, 0.15) is 11.5 Å². The van der Waals surface area contributed by atoms with Gasteiger partial charge in [-0.25, -0.2) is 13.5 Å². The number of rotatable bonds is 3. The van der Waals surface area contributed by atoms with Crippen LogP contribution in [0.4, 0.5) is 8.78 Å². The van der Waals surface area contributed by atoms with Gasteiger partial charge in [-0.1, -0.05) is 0 Å². The highest BCUT2D eigenvalue weighted by atomic mass is 19.2. The van der Waals surface area contributed by atoms with E-state index in [1.165, 1.54) is 10.7 Å².